The molecule has 1 aromatic rings. The van der Waals surface area contributed by atoms with E-state index in [1.807, 2.05) is 0 Å². The molecule has 3 nitrogen and oxygen atoms in total. The quantitative estimate of drug-likeness (QED) is 0.466. The van der Waals surface area contributed by atoms with Gasteiger partial charge in [0, 0.05) is 0 Å². The third kappa shape index (κ3) is 2.40. The van der Waals surface area contributed by atoms with Gasteiger partial charge in [-0.05, 0) is 12.1 Å². The van der Waals surface area contributed by atoms with Crippen molar-refractivity contribution in [2.75, 3.05) is 0 Å². The average Bonchev–Trinajstić information content (AvgIpc) is 2.10. The van der Waals surface area contributed by atoms with Crippen molar-refractivity contribution in [3.05, 3.63) is 29.8 Å². The lowest BCUT2D eigenvalue weighted by atomic mass is 10.3. The second kappa shape index (κ2) is 3.89. The van der Waals surface area contributed by atoms with Crippen molar-refractivity contribution in [2.45, 2.75) is 5.51 Å². The zero-order valence-electron chi connectivity index (χ0n) is 7.25. The van der Waals surface area contributed by atoms with Crippen LogP contribution in [-0.2, 0) is 10.1 Å². The van der Waals surface area contributed by atoms with E-state index in [9.17, 15) is 30.4 Å². The number of hydrogen-bond acceptors (Lipinski definition) is 3. The molecule has 1 aromatic carbocycles. The SMILES string of the molecule is O=S(=O)(Oc1c(F)cccc1F)C(F)(F)F. The minimum Gasteiger partial charge on any atom is -0.370 e. The predicted molar refractivity (Wildman–Crippen MR) is 42.0 cm³/mol. The van der Waals surface area contributed by atoms with Gasteiger partial charge < -0.3 is 4.18 Å². The Morgan fingerprint density at radius 2 is 1.50 bits per heavy atom. The van der Waals surface area contributed by atoms with Crippen molar-refractivity contribution < 1.29 is 34.6 Å². The fraction of sp³-hybridized carbons (Fsp3) is 0.143. The minimum atomic E-state index is -6.08. The van der Waals surface area contributed by atoms with Crippen molar-refractivity contribution in [1.82, 2.24) is 0 Å². The Kier molecular flexibility index (Phi) is 3.08. The maximum absolute atomic E-state index is 12.8. The van der Waals surface area contributed by atoms with E-state index in [1.54, 1.807) is 0 Å². The van der Waals surface area contributed by atoms with Gasteiger partial charge in [0.2, 0.25) is 5.75 Å². The molecule has 0 saturated carbocycles. The van der Waals surface area contributed by atoms with E-state index in [2.05, 4.69) is 4.18 Å². The second-order valence-electron chi connectivity index (χ2n) is 2.53. The van der Waals surface area contributed by atoms with Crippen LogP contribution < -0.4 is 4.18 Å². The average molecular weight is 262 g/mol. The summed E-state index contributed by atoms with van der Waals surface area (Å²) in [4.78, 5) is 0. The van der Waals surface area contributed by atoms with Crippen molar-refractivity contribution in [1.29, 1.82) is 0 Å². The topological polar surface area (TPSA) is 43.4 Å². The Bertz CT molecular complexity index is 473. The summed E-state index contributed by atoms with van der Waals surface area (Å²) in [7, 11) is -6.08. The largest absolute Gasteiger partial charge is 0.534 e. The molecule has 0 N–H and O–H groups in total. The van der Waals surface area contributed by atoms with Crippen LogP contribution in [0, 0.1) is 11.6 Å². The number of rotatable bonds is 2. The van der Waals surface area contributed by atoms with Crippen molar-refractivity contribution in [3.8, 4) is 5.75 Å². The minimum absolute atomic E-state index is 0.560. The van der Waals surface area contributed by atoms with E-state index in [0.29, 0.717) is 12.1 Å². The smallest absolute Gasteiger partial charge is 0.370 e. The van der Waals surface area contributed by atoms with Crippen LogP contribution in [0.3, 0.4) is 0 Å². The molecule has 0 bridgehead atoms. The number of halogens is 5. The molecule has 0 heterocycles. The number of benzene rings is 1. The summed E-state index contributed by atoms with van der Waals surface area (Å²) < 4.78 is 85.2. The summed E-state index contributed by atoms with van der Waals surface area (Å²) in [5.41, 5.74) is -5.75. The van der Waals surface area contributed by atoms with Gasteiger partial charge in [-0.2, -0.15) is 21.6 Å². The first-order chi connectivity index (χ1) is 7.15. The van der Waals surface area contributed by atoms with Gasteiger partial charge in [0.25, 0.3) is 0 Å². The highest BCUT2D eigenvalue weighted by molar-refractivity contribution is 7.88. The highest BCUT2D eigenvalue weighted by atomic mass is 32.2. The van der Waals surface area contributed by atoms with E-state index >= 15 is 0 Å². The molecule has 0 radical (unpaired) electrons. The zero-order valence-corrected chi connectivity index (χ0v) is 8.07. The second-order valence-corrected chi connectivity index (χ2v) is 4.07. The molecule has 16 heavy (non-hydrogen) atoms. The molecule has 0 aliphatic heterocycles. The normalized spacial score (nSPS) is 12.6. The molecular formula is C7H3F5O3S. The number of para-hydroxylation sites is 1. The summed E-state index contributed by atoms with van der Waals surface area (Å²) in [6, 6.07) is 1.96. The lowest BCUT2D eigenvalue weighted by Crippen LogP contribution is -2.28. The fourth-order valence-electron chi connectivity index (χ4n) is 0.719. The van der Waals surface area contributed by atoms with Crippen molar-refractivity contribution in [2.24, 2.45) is 0 Å². The van der Waals surface area contributed by atoms with E-state index < -0.39 is 33.0 Å². The number of hydrogen-bond donors (Lipinski definition) is 0. The molecule has 0 atom stereocenters. The third-order valence-corrected chi connectivity index (χ3v) is 2.35. The molecule has 0 unspecified atom stereocenters. The summed E-state index contributed by atoms with van der Waals surface area (Å²) in [5, 5.41) is 0. The highest BCUT2D eigenvalue weighted by Gasteiger charge is 2.49. The summed E-state index contributed by atoms with van der Waals surface area (Å²) >= 11 is 0. The Hall–Kier alpha value is -1.38. The maximum atomic E-state index is 12.8. The molecule has 1 rings (SSSR count). The van der Waals surface area contributed by atoms with Gasteiger partial charge in [0.15, 0.2) is 11.6 Å². The van der Waals surface area contributed by atoms with Crippen LogP contribution in [0.2, 0.25) is 0 Å². The van der Waals surface area contributed by atoms with Gasteiger partial charge >= 0.3 is 15.6 Å². The molecule has 0 spiro atoms. The first kappa shape index (κ1) is 12.7. The Morgan fingerprint density at radius 1 is 1.06 bits per heavy atom. The first-order valence-electron chi connectivity index (χ1n) is 3.60. The molecule has 0 saturated heterocycles. The van der Waals surface area contributed by atoms with Gasteiger partial charge in [0.1, 0.15) is 0 Å². The van der Waals surface area contributed by atoms with Crippen LogP contribution in [0.1, 0.15) is 0 Å². The van der Waals surface area contributed by atoms with Crippen LogP contribution in [0.25, 0.3) is 0 Å². The molecule has 0 aliphatic carbocycles. The lowest BCUT2D eigenvalue weighted by Gasteiger charge is -2.10. The Balaban J connectivity index is 3.17. The molecule has 0 aromatic heterocycles. The van der Waals surface area contributed by atoms with Gasteiger partial charge in [-0.3, -0.25) is 0 Å². The van der Waals surface area contributed by atoms with Crippen LogP contribution in [0.5, 0.6) is 5.75 Å². The molecule has 0 amide bonds. The Labute approximate surface area is 86.6 Å². The van der Waals surface area contributed by atoms with E-state index in [1.165, 1.54) is 0 Å². The van der Waals surface area contributed by atoms with Crippen LogP contribution in [0.4, 0.5) is 22.0 Å². The van der Waals surface area contributed by atoms with Crippen molar-refractivity contribution >= 4 is 10.1 Å². The van der Waals surface area contributed by atoms with Crippen molar-refractivity contribution in [3.63, 3.8) is 0 Å². The maximum Gasteiger partial charge on any atom is 0.534 e. The molecule has 0 fully saturated rings. The fourth-order valence-corrected chi connectivity index (χ4v) is 1.19. The van der Waals surface area contributed by atoms with Gasteiger partial charge in [-0.1, -0.05) is 6.07 Å². The summed E-state index contributed by atoms with van der Waals surface area (Å²) in [5.74, 6) is -4.71. The highest BCUT2D eigenvalue weighted by Crippen LogP contribution is 2.29. The van der Waals surface area contributed by atoms with Crippen LogP contribution in [0.15, 0.2) is 18.2 Å². The zero-order chi connectivity index (χ0) is 12.6. The molecule has 90 valence electrons. The molecule has 0 aliphatic rings. The first-order valence-corrected chi connectivity index (χ1v) is 5.01. The van der Waals surface area contributed by atoms with E-state index in [-0.39, 0.29) is 0 Å². The van der Waals surface area contributed by atoms with E-state index in [4.69, 9.17) is 0 Å². The third-order valence-electron chi connectivity index (χ3n) is 1.40. The molecule has 9 heteroatoms. The predicted octanol–water partition coefficient (Wildman–Crippen LogP) is 2.19. The Morgan fingerprint density at radius 3 is 1.88 bits per heavy atom. The van der Waals surface area contributed by atoms with Crippen LogP contribution in [-0.4, -0.2) is 13.9 Å². The number of alkyl halides is 3. The van der Waals surface area contributed by atoms with E-state index in [0.717, 1.165) is 6.07 Å². The summed E-state index contributed by atoms with van der Waals surface area (Å²) in [6.45, 7) is 0. The van der Waals surface area contributed by atoms with Gasteiger partial charge in [-0.15, -0.1) is 0 Å². The molecular weight excluding hydrogens is 259 g/mol. The lowest BCUT2D eigenvalue weighted by molar-refractivity contribution is -0.0501. The van der Waals surface area contributed by atoms with Gasteiger partial charge in [-0.25, -0.2) is 8.78 Å². The summed E-state index contributed by atoms with van der Waals surface area (Å²) in [6.07, 6.45) is 0. The monoisotopic (exact) mass is 262 g/mol. The van der Waals surface area contributed by atoms with Gasteiger partial charge in [0.05, 0.1) is 0 Å². The van der Waals surface area contributed by atoms with Crippen LogP contribution >= 0.6 is 0 Å². The standard InChI is InChI=1S/C7H3F5O3S/c8-4-2-1-3-5(9)6(4)15-16(13,14)7(10,11)12/h1-3H.